The van der Waals surface area contributed by atoms with E-state index in [1.165, 1.54) is 12.7 Å². The maximum atomic E-state index is 13.3. The van der Waals surface area contributed by atoms with Gasteiger partial charge in [0.15, 0.2) is 12.8 Å². The summed E-state index contributed by atoms with van der Waals surface area (Å²) in [5, 5.41) is 0.982. The van der Waals surface area contributed by atoms with Crippen molar-refractivity contribution < 1.29 is 26.0 Å². The van der Waals surface area contributed by atoms with Gasteiger partial charge in [0, 0.05) is 24.8 Å². The van der Waals surface area contributed by atoms with E-state index in [1.807, 2.05) is 9.30 Å². The van der Waals surface area contributed by atoms with E-state index in [0.29, 0.717) is 15.7 Å². The Morgan fingerprint density at radius 3 is 2.17 bits per heavy atom. The summed E-state index contributed by atoms with van der Waals surface area (Å²) < 4.78 is 4.59. The molecular weight excluding hydrogens is 592 g/mol. The Labute approximate surface area is 227 Å². The first-order valence-electron chi connectivity index (χ1n) is 11.8. The molecule has 0 aliphatic carbocycles. The van der Waals surface area contributed by atoms with Crippen LogP contribution in [0.4, 0.5) is 0 Å². The Bertz CT molecular complexity index is 1310. The Balaban J connectivity index is 1.70. The molecule has 35 heavy (non-hydrogen) atoms. The van der Waals surface area contributed by atoms with Gasteiger partial charge < -0.3 is 9.30 Å². The minimum Gasteiger partial charge on any atom is -0.342 e. The summed E-state index contributed by atoms with van der Waals surface area (Å²) in [6.45, 7) is 7.79. The Morgan fingerprint density at radius 2 is 1.57 bits per heavy atom. The van der Waals surface area contributed by atoms with Gasteiger partial charge in [-0.15, -0.1) is 0 Å². The monoisotopic (exact) mass is 620 g/mol. The van der Waals surface area contributed by atoms with Crippen LogP contribution in [0.3, 0.4) is 0 Å². The van der Waals surface area contributed by atoms with Crippen LogP contribution in [0, 0.1) is 14.1 Å². The second kappa shape index (κ2) is 11.8. The van der Waals surface area contributed by atoms with Crippen molar-refractivity contribution in [1.82, 2.24) is 14.3 Å². The molecule has 0 bridgehead atoms. The molecule has 0 aliphatic heterocycles. The number of carbonyl (C=O) groups excluding carboxylic acids is 1. The lowest BCUT2D eigenvalue weighted by Crippen LogP contribution is -3.61. The standard InChI is InChI=1S/C28H29Cl2IN3O/c1-4-14-33(15-5-2)26(35)17-25-27(32-28-24(30)16-21(29)18-34(25)28)20-8-12-23(13-9-20)31-22-10-6-19(3)7-11-22/h6-13,16,18H,4-5,14-15,17H2,1-3H3/q+1. The summed E-state index contributed by atoms with van der Waals surface area (Å²) in [5.74, 6) is 0.0923. The fourth-order valence-electron chi connectivity index (χ4n) is 4.07. The minimum absolute atomic E-state index is 0.0923. The number of nitrogens with zero attached hydrogens (tertiary/aromatic N) is 3. The number of amides is 1. The Kier molecular flexibility index (Phi) is 8.73. The zero-order chi connectivity index (χ0) is 24.9. The molecule has 0 N–H and O–H groups in total. The van der Waals surface area contributed by atoms with Gasteiger partial charge in [-0.3, -0.25) is 4.79 Å². The Morgan fingerprint density at radius 1 is 0.971 bits per heavy atom. The highest BCUT2D eigenvalue weighted by Crippen LogP contribution is 2.30. The highest BCUT2D eigenvalue weighted by atomic mass is 127. The number of fused-ring (bicyclic) bond motifs is 1. The van der Waals surface area contributed by atoms with Crippen LogP contribution in [0.15, 0.2) is 60.8 Å². The van der Waals surface area contributed by atoms with E-state index in [0.717, 1.165) is 42.9 Å². The van der Waals surface area contributed by atoms with Gasteiger partial charge >= 0.3 is 21.2 Å². The summed E-state index contributed by atoms with van der Waals surface area (Å²) in [7, 11) is 0. The molecule has 0 aliphatic rings. The van der Waals surface area contributed by atoms with Crippen molar-refractivity contribution in [2.45, 2.75) is 40.0 Å². The maximum Gasteiger partial charge on any atom is 0.357 e. The third-order valence-electron chi connectivity index (χ3n) is 5.75. The molecule has 2 aromatic heterocycles. The molecule has 0 atom stereocenters. The lowest BCUT2D eigenvalue weighted by Gasteiger charge is -2.21. The predicted molar refractivity (Wildman–Crippen MR) is 140 cm³/mol. The number of aromatic nitrogens is 2. The van der Waals surface area contributed by atoms with E-state index in [4.69, 9.17) is 28.2 Å². The zero-order valence-corrected chi connectivity index (χ0v) is 23.9. The first-order valence-corrected chi connectivity index (χ1v) is 14.8. The summed E-state index contributed by atoms with van der Waals surface area (Å²) >= 11 is 12.6. The molecular formula is C28H29Cl2IN3O+. The number of hydrogen-bond donors (Lipinski definition) is 0. The van der Waals surface area contributed by atoms with Gasteiger partial charge in [0.05, 0.1) is 27.9 Å². The molecule has 0 fully saturated rings. The van der Waals surface area contributed by atoms with E-state index in [-0.39, 0.29) is 33.5 Å². The highest BCUT2D eigenvalue weighted by Gasteiger charge is 2.23. The second-order valence-electron chi connectivity index (χ2n) is 8.56. The number of aryl methyl sites for hydroxylation is 1. The molecule has 7 heteroatoms. The average Bonchev–Trinajstić information content (AvgIpc) is 3.19. The molecule has 0 radical (unpaired) electrons. The van der Waals surface area contributed by atoms with Crippen LogP contribution in [0.25, 0.3) is 16.9 Å². The van der Waals surface area contributed by atoms with Gasteiger partial charge in [-0.05, 0) is 62.2 Å². The van der Waals surface area contributed by atoms with Crippen LogP contribution in [0.5, 0.6) is 0 Å². The quantitative estimate of drug-likeness (QED) is 0.266. The van der Waals surface area contributed by atoms with E-state index >= 15 is 0 Å². The van der Waals surface area contributed by atoms with E-state index in [9.17, 15) is 4.79 Å². The fourth-order valence-corrected chi connectivity index (χ4v) is 6.74. The first kappa shape index (κ1) is 26.0. The SMILES string of the molecule is CCCN(CCC)C(=O)Cc1c(-c2ccc([I+]c3ccc(C)cc3)cc2)nc2c(Cl)cc(Cl)cn12. The van der Waals surface area contributed by atoms with Crippen molar-refractivity contribution in [3.05, 3.63) is 89.2 Å². The first-order chi connectivity index (χ1) is 16.9. The molecule has 0 saturated heterocycles. The molecule has 2 heterocycles. The van der Waals surface area contributed by atoms with Crippen LogP contribution < -0.4 is 21.2 Å². The molecule has 0 saturated carbocycles. The third-order valence-corrected chi connectivity index (χ3v) is 8.91. The van der Waals surface area contributed by atoms with Crippen LogP contribution >= 0.6 is 23.2 Å². The largest absolute Gasteiger partial charge is 0.357 e. The summed E-state index contributed by atoms with van der Waals surface area (Å²) in [4.78, 5) is 20.1. The van der Waals surface area contributed by atoms with Gasteiger partial charge in [-0.2, -0.15) is 0 Å². The molecule has 4 rings (SSSR count). The number of imidazole rings is 1. The van der Waals surface area contributed by atoms with E-state index < -0.39 is 0 Å². The number of halogens is 3. The number of pyridine rings is 1. The van der Waals surface area contributed by atoms with E-state index in [1.54, 1.807) is 12.3 Å². The van der Waals surface area contributed by atoms with Crippen LogP contribution in [0.2, 0.25) is 10.0 Å². The van der Waals surface area contributed by atoms with Crippen LogP contribution in [-0.2, 0) is 11.2 Å². The molecule has 0 spiro atoms. The van der Waals surface area contributed by atoms with Crippen molar-refractivity contribution in [2.24, 2.45) is 0 Å². The molecule has 182 valence electrons. The summed E-state index contributed by atoms with van der Waals surface area (Å²) in [6.07, 6.45) is 3.89. The van der Waals surface area contributed by atoms with E-state index in [2.05, 4.69) is 69.3 Å². The van der Waals surface area contributed by atoms with Gasteiger partial charge in [-0.1, -0.05) is 54.7 Å². The predicted octanol–water partition coefficient (Wildman–Crippen LogP) is 3.94. The van der Waals surface area contributed by atoms with Gasteiger partial charge in [-0.25, -0.2) is 4.98 Å². The normalized spacial score (nSPS) is 11.2. The van der Waals surface area contributed by atoms with Crippen molar-refractivity contribution in [3.8, 4) is 11.3 Å². The number of rotatable bonds is 9. The lowest BCUT2D eigenvalue weighted by molar-refractivity contribution is -0.597. The fraction of sp³-hybridized carbons (Fsp3) is 0.286. The number of hydrogen-bond acceptors (Lipinski definition) is 2. The van der Waals surface area contributed by atoms with Crippen LogP contribution in [0.1, 0.15) is 37.9 Å². The number of carbonyl (C=O) groups is 1. The summed E-state index contributed by atoms with van der Waals surface area (Å²) in [5.41, 5.74) is 4.45. The molecule has 2 aromatic carbocycles. The molecule has 0 unspecified atom stereocenters. The second-order valence-corrected chi connectivity index (χ2v) is 12.4. The van der Waals surface area contributed by atoms with Gasteiger partial charge in [0.25, 0.3) is 0 Å². The lowest BCUT2D eigenvalue weighted by atomic mass is 10.1. The molecule has 4 nitrogen and oxygen atoms in total. The topological polar surface area (TPSA) is 37.6 Å². The maximum absolute atomic E-state index is 13.3. The third kappa shape index (κ3) is 6.19. The van der Waals surface area contributed by atoms with Crippen LogP contribution in [-0.4, -0.2) is 33.3 Å². The zero-order valence-electron chi connectivity index (χ0n) is 20.2. The van der Waals surface area contributed by atoms with Crippen molar-refractivity contribution >= 4 is 34.8 Å². The van der Waals surface area contributed by atoms with Gasteiger partial charge in [0.2, 0.25) is 5.91 Å². The molecule has 1 amide bonds. The van der Waals surface area contributed by atoms with Crippen molar-refractivity contribution in [3.63, 3.8) is 0 Å². The van der Waals surface area contributed by atoms with Crippen molar-refractivity contribution in [1.29, 1.82) is 0 Å². The average molecular weight is 621 g/mol. The van der Waals surface area contributed by atoms with Crippen molar-refractivity contribution in [2.75, 3.05) is 13.1 Å². The minimum atomic E-state index is -0.262. The molecule has 4 aromatic rings. The highest BCUT2D eigenvalue weighted by molar-refractivity contribution is 6.36. The van der Waals surface area contributed by atoms with Gasteiger partial charge in [0.1, 0.15) is 0 Å². The number of benzene rings is 2. The smallest absolute Gasteiger partial charge is 0.342 e. The Hall–Kier alpha value is -2.09. The summed E-state index contributed by atoms with van der Waals surface area (Å²) in [6, 6.07) is 19.0.